The van der Waals surface area contributed by atoms with Gasteiger partial charge in [-0.05, 0) is 47.9 Å². The summed E-state index contributed by atoms with van der Waals surface area (Å²) in [5.74, 6) is 0.122. The third kappa shape index (κ3) is 3.45. The first-order valence-corrected chi connectivity index (χ1v) is 9.89. The van der Waals surface area contributed by atoms with Gasteiger partial charge in [0.05, 0.1) is 0 Å². The Labute approximate surface area is 156 Å². The number of fused-ring (bicyclic) bond motifs is 3. The molecule has 2 aliphatic rings. The van der Waals surface area contributed by atoms with Gasteiger partial charge in [-0.2, -0.15) is 0 Å². The average Bonchev–Trinajstić information content (AvgIpc) is 2.96. The molecule has 3 nitrogen and oxygen atoms in total. The number of amides is 1. The minimum Gasteiger partial charge on any atom is -0.449 e. The Balaban J connectivity index is 1.42. The molecule has 0 radical (unpaired) electrons. The van der Waals surface area contributed by atoms with E-state index in [1.807, 2.05) is 0 Å². The van der Waals surface area contributed by atoms with Crippen LogP contribution in [0.1, 0.15) is 42.7 Å². The number of carbonyl (C=O) groups excluding carboxylic acids is 1. The first-order chi connectivity index (χ1) is 12.2. The highest BCUT2D eigenvalue weighted by atomic mass is 79.9. The van der Waals surface area contributed by atoms with Crippen LogP contribution in [0.3, 0.4) is 0 Å². The van der Waals surface area contributed by atoms with Crippen LogP contribution < -0.4 is 5.32 Å². The lowest BCUT2D eigenvalue weighted by Crippen LogP contribution is -2.38. The van der Waals surface area contributed by atoms with Crippen LogP contribution in [0.4, 0.5) is 4.79 Å². The zero-order valence-electron chi connectivity index (χ0n) is 14.1. The molecule has 130 valence electrons. The second-order valence-corrected chi connectivity index (χ2v) is 8.21. The van der Waals surface area contributed by atoms with Gasteiger partial charge in [-0.3, -0.25) is 0 Å². The molecular formula is C21H22BrNO2. The minimum atomic E-state index is -0.292. The van der Waals surface area contributed by atoms with Gasteiger partial charge in [0.1, 0.15) is 6.61 Å². The van der Waals surface area contributed by atoms with Gasteiger partial charge in [-0.25, -0.2) is 4.79 Å². The van der Waals surface area contributed by atoms with Gasteiger partial charge in [0.2, 0.25) is 0 Å². The highest BCUT2D eigenvalue weighted by molar-refractivity contribution is 9.09. The molecule has 4 rings (SSSR count). The van der Waals surface area contributed by atoms with Crippen LogP contribution in [-0.2, 0) is 4.74 Å². The monoisotopic (exact) mass is 399 g/mol. The van der Waals surface area contributed by atoms with Crippen molar-refractivity contribution < 1.29 is 9.53 Å². The number of hydrogen-bond donors (Lipinski definition) is 1. The highest BCUT2D eigenvalue weighted by Crippen LogP contribution is 2.44. The van der Waals surface area contributed by atoms with Crippen molar-refractivity contribution in [2.75, 3.05) is 6.61 Å². The summed E-state index contributed by atoms with van der Waals surface area (Å²) in [6.45, 7) is 0.383. The van der Waals surface area contributed by atoms with E-state index >= 15 is 0 Å². The topological polar surface area (TPSA) is 38.3 Å². The molecule has 2 aromatic rings. The van der Waals surface area contributed by atoms with Gasteiger partial charge in [-0.1, -0.05) is 64.5 Å². The molecule has 0 atom stereocenters. The van der Waals surface area contributed by atoms with Gasteiger partial charge in [0.25, 0.3) is 0 Å². The van der Waals surface area contributed by atoms with E-state index in [0.29, 0.717) is 11.4 Å². The van der Waals surface area contributed by atoms with Crippen molar-refractivity contribution in [3.05, 3.63) is 59.7 Å². The molecule has 2 aromatic carbocycles. The smallest absolute Gasteiger partial charge is 0.407 e. The molecule has 0 aliphatic heterocycles. The van der Waals surface area contributed by atoms with Gasteiger partial charge in [0.15, 0.2) is 0 Å². The van der Waals surface area contributed by atoms with Crippen molar-refractivity contribution in [1.82, 2.24) is 5.32 Å². The maximum absolute atomic E-state index is 12.2. The van der Waals surface area contributed by atoms with Crippen molar-refractivity contribution in [2.45, 2.75) is 42.5 Å². The van der Waals surface area contributed by atoms with Crippen LogP contribution in [0.5, 0.6) is 0 Å². The van der Waals surface area contributed by atoms with E-state index < -0.39 is 0 Å². The van der Waals surface area contributed by atoms with Gasteiger partial charge in [0, 0.05) is 16.8 Å². The third-order valence-corrected chi connectivity index (χ3v) is 6.24. The fourth-order valence-electron chi connectivity index (χ4n) is 4.00. The molecule has 1 fully saturated rings. The van der Waals surface area contributed by atoms with E-state index in [4.69, 9.17) is 4.74 Å². The molecule has 0 bridgehead atoms. The SMILES string of the molecule is O=C(NC1CCC(Br)CC1)OCC1c2ccccc2-c2ccccc21. The van der Waals surface area contributed by atoms with Crippen molar-refractivity contribution in [3.63, 3.8) is 0 Å². The number of carbonyl (C=O) groups is 1. The van der Waals surface area contributed by atoms with E-state index in [0.717, 1.165) is 25.7 Å². The highest BCUT2D eigenvalue weighted by Gasteiger charge is 2.29. The lowest BCUT2D eigenvalue weighted by atomic mass is 9.95. The van der Waals surface area contributed by atoms with Crippen LogP contribution in [0.25, 0.3) is 11.1 Å². The number of alkyl halides is 1. The normalized spacial score (nSPS) is 22.1. The number of halogens is 1. The Morgan fingerprint density at radius 3 is 2.12 bits per heavy atom. The van der Waals surface area contributed by atoms with E-state index in [9.17, 15) is 4.79 Å². The molecule has 1 saturated carbocycles. The van der Waals surface area contributed by atoms with Crippen molar-refractivity contribution in [2.24, 2.45) is 0 Å². The first-order valence-electron chi connectivity index (χ1n) is 8.98. The zero-order valence-corrected chi connectivity index (χ0v) is 15.7. The van der Waals surface area contributed by atoms with E-state index in [1.54, 1.807) is 0 Å². The third-order valence-electron chi connectivity index (χ3n) is 5.32. The molecule has 1 amide bonds. The largest absolute Gasteiger partial charge is 0.449 e. The summed E-state index contributed by atoms with van der Waals surface area (Å²) in [5.41, 5.74) is 5.00. The standard InChI is InChI=1S/C21H22BrNO2/c22-14-9-11-15(12-10-14)23-21(24)25-13-20-18-7-3-1-5-16(18)17-6-2-4-8-19(17)20/h1-8,14-15,20H,9-13H2,(H,23,24). The minimum absolute atomic E-state index is 0.122. The van der Waals surface area contributed by atoms with E-state index in [1.165, 1.54) is 22.3 Å². The van der Waals surface area contributed by atoms with Crippen LogP contribution in [0.15, 0.2) is 48.5 Å². The summed E-state index contributed by atoms with van der Waals surface area (Å²) >= 11 is 3.64. The summed E-state index contributed by atoms with van der Waals surface area (Å²) in [4.78, 5) is 12.8. The second-order valence-electron chi connectivity index (χ2n) is 6.92. The maximum atomic E-state index is 12.2. The molecule has 0 unspecified atom stereocenters. The number of alkyl carbamates (subject to hydrolysis) is 1. The first kappa shape index (κ1) is 16.6. The Bertz CT molecular complexity index is 722. The van der Waals surface area contributed by atoms with Gasteiger partial charge in [-0.15, -0.1) is 0 Å². The Hall–Kier alpha value is -1.81. The number of hydrogen-bond acceptors (Lipinski definition) is 2. The molecule has 4 heteroatoms. The van der Waals surface area contributed by atoms with Crippen molar-refractivity contribution >= 4 is 22.0 Å². The number of benzene rings is 2. The summed E-state index contributed by atoms with van der Waals surface area (Å²) in [5, 5.41) is 3.03. The van der Waals surface area contributed by atoms with Crippen LogP contribution in [0.2, 0.25) is 0 Å². The molecule has 0 saturated heterocycles. The fraction of sp³-hybridized carbons (Fsp3) is 0.381. The molecule has 1 N–H and O–H groups in total. The van der Waals surface area contributed by atoms with Crippen LogP contribution in [0, 0.1) is 0 Å². The van der Waals surface area contributed by atoms with E-state index in [2.05, 4.69) is 69.8 Å². The predicted octanol–water partition coefficient (Wildman–Crippen LogP) is 5.23. The summed E-state index contributed by atoms with van der Waals surface area (Å²) in [7, 11) is 0. The molecule has 0 heterocycles. The van der Waals surface area contributed by atoms with Crippen molar-refractivity contribution in [3.8, 4) is 11.1 Å². The summed E-state index contributed by atoms with van der Waals surface area (Å²) in [6.07, 6.45) is 3.95. The molecule has 2 aliphatic carbocycles. The lowest BCUT2D eigenvalue weighted by Gasteiger charge is -2.26. The molecular weight excluding hydrogens is 378 g/mol. The molecule has 0 spiro atoms. The lowest BCUT2D eigenvalue weighted by molar-refractivity contribution is 0.136. The quantitative estimate of drug-likeness (QED) is 0.717. The van der Waals surface area contributed by atoms with Crippen LogP contribution in [-0.4, -0.2) is 23.6 Å². The van der Waals surface area contributed by atoms with Gasteiger partial charge < -0.3 is 10.1 Å². The van der Waals surface area contributed by atoms with Gasteiger partial charge >= 0.3 is 6.09 Å². The number of ether oxygens (including phenoxy) is 1. The Kier molecular flexibility index (Phi) is 4.80. The van der Waals surface area contributed by atoms with Crippen LogP contribution >= 0.6 is 15.9 Å². The molecule has 25 heavy (non-hydrogen) atoms. The van der Waals surface area contributed by atoms with E-state index in [-0.39, 0.29) is 18.1 Å². The van der Waals surface area contributed by atoms with Crippen molar-refractivity contribution in [1.29, 1.82) is 0 Å². The zero-order chi connectivity index (χ0) is 17.2. The average molecular weight is 400 g/mol. The second kappa shape index (κ2) is 7.20. The Morgan fingerprint density at radius 1 is 0.960 bits per heavy atom. The predicted molar refractivity (Wildman–Crippen MR) is 103 cm³/mol. The molecule has 0 aromatic heterocycles. The number of rotatable bonds is 3. The summed E-state index contributed by atoms with van der Waals surface area (Å²) < 4.78 is 5.61. The Morgan fingerprint density at radius 2 is 1.52 bits per heavy atom. The fourth-order valence-corrected chi connectivity index (χ4v) is 4.53. The summed E-state index contributed by atoms with van der Waals surface area (Å²) in [6, 6.07) is 17.0. The number of nitrogens with one attached hydrogen (secondary N) is 1. The maximum Gasteiger partial charge on any atom is 0.407 e.